The van der Waals surface area contributed by atoms with Crippen LogP contribution in [0.5, 0.6) is 0 Å². The molecule has 0 atom stereocenters. The molecule has 0 spiro atoms. The number of nitrogens with one attached hydrogen (secondary N) is 3. The minimum absolute atomic E-state index is 0.120. The van der Waals surface area contributed by atoms with Crippen molar-refractivity contribution in [2.75, 3.05) is 18.4 Å². The quantitative estimate of drug-likeness (QED) is 0.451. The standard InChI is InChI=1S/C24H26N6O/c1-16-13-23(29-28-16)27-22-8-4-5-18(26-22)14-17-9-11-30(12-10-17)24(31)20-15-25-21-7-3-2-6-19(20)21/h2-8,13,15,17,25H,9-12,14H2,1H3,(H2,26,27,28,29). The van der Waals surface area contributed by atoms with Gasteiger partial charge in [-0.05, 0) is 50.3 Å². The van der Waals surface area contributed by atoms with Crippen molar-refractivity contribution in [3.05, 3.63) is 71.7 Å². The number of pyridine rings is 1. The number of nitrogens with zero attached hydrogens (tertiary/aromatic N) is 3. The van der Waals surface area contributed by atoms with Crippen molar-refractivity contribution in [1.82, 2.24) is 25.1 Å². The molecule has 4 heterocycles. The zero-order valence-corrected chi connectivity index (χ0v) is 17.6. The van der Waals surface area contributed by atoms with Gasteiger partial charge >= 0.3 is 0 Å². The fourth-order valence-electron chi connectivity index (χ4n) is 4.33. The molecule has 7 nitrogen and oxygen atoms in total. The van der Waals surface area contributed by atoms with Gasteiger partial charge < -0.3 is 15.2 Å². The highest BCUT2D eigenvalue weighted by atomic mass is 16.2. The average molecular weight is 415 g/mol. The second kappa shape index (κ2) is 8.26. The molecule has 0 aliphatic carbocycles. The summed E-state index contributed by atoms with van der Waals surface area (Å²) in [5.41, 5.74) is 3.85. The Bertz CT molecular complexity index is 1200. The summed E-state index contributed by atoms with van der Waals surface area (Å²) in [6, 6.07) is 16.0. The second-order valence-corrected chi connectivity index (χ2v) is 8.26. The Balaban J connectivity index is 1.19. The van der Waals surface area contributed by atoms with E-state index in [2.05, 4.69) is 26.6 Å². The number of anilines is 2. The number of para-hydroxylation sites is 1. The molecule has 1 aromatic carbocycles. The maximum Gasteiger partial charge on any atom is 0.256 e. The molecule has 31 heavy (non-hydrogen) atoms. The molecule has 0 bridgehead atoms. The first-order valence-electron chi connectivity index (χ1n) is 10.8. The summed E-state index contributed by atoms with van der Waals surface area (Å²) in [7, 11) is 0. The van der Waals surface area contributed by atoms with Crippen molar-refractivity contribution in [3.8, 4) is 0 Å². The zero-order chi connectivity index (χ0) is 21.2. The van der Waals surface area contributed by atoms with Gasteiger partial charge in [0.1, 0.15) is 5.82 Å². The van der Waals surface area contributed by atoms with Crippen LogP contribution in [0.25, 0.3) is 10.9 Å². The van der Waals surface area contributed by atoms with Crippen molar-refractivity contribution < 1.29 is 4.79 Å². The topological polar surface area (TPSA) is 89.7 Å². The number of carbonyl (C=O) groups excluding carboxylic acids is 1. The fourth-order valence-corrected chi connectivity index (χ4v) is 4.33. The van der Waals surface area contributed by atoms with Gasteiger partial charge in [0.15, 0.2) is 5.82 Å². The summed E-state index contributed by atoms with van der Waals surface area (Å²) in [6.45, 7) is 3.54. The predicted molar refractivity (Wildman–Crippen MR) is 121 cm³/mol. The number of H-pyrrole nitrogens is 2. The lowest BCUT2D eigenvalue weighted by Gasteiger charge is -2.32. The molecule has 5 rings (SSSR count). The van der Waals surface area contributed by atoms with Gasteiger partial charge in [-0.1, -0.05) is 24.3 Å². The SMILES string of the molecule is Cc1cc(Nc2cccc(CC3CCN(C(=O)c4c[nH]c5ccccc45)CC3)n2)n[nH]1. The van der Waals surface area contributed by atoms with Crippen LogP contribution in [0.15, 0.2) is 54.7 Å². The van der Waals surface area contributed by atoms with Gasteiger partial charge in [-0.2, -0.15) is 5.10 Å². The number of hydrogen-bond donors (Lipinski definition) is 3. The highest BCUT2D eigenvalue weighted by Crippen LogP contribution is 2.25. The lowest BCUT2D eigenvalue weighted by molar-refractivity contribution is 0.0692. The molecule has 0 unspecified atom stereocenters. The van der Waals surface area contributed by atoms with Gasteiger partial charge in [0.25, 0.3) is 5.91 Å². The number of carbonyl (C=O) groups is 1. The number of hydrogen-bond acceptors (Lipinski definition) is 4. The third-order valence-electron chi connectivity index (χ3n) is 5.99. The smallest absolute Gasteiger partial charge is 0.256 e. The van der Waals surface area contributed by atoms with Gasteiger partial charge in [-0.25, -0.2) is 4.98 Å². The van der Waals surface area contributed by atoms with Crippen LogP contribution in [0.4, 0.5) is 11.6 Å². The second-order valence-electron chi connectivity index (χ2n) is 8.26. The summed E-state index contributed by atoms with van der Waals surface area (Å²) in [6.07, 6.45) is 4.74. The number of benzene rings is 1. The maximum absolute atomic E-state index is 13.0. The zero-order valence-electron chi connectivity index (χ0n) is 17.6. The van der Waals surface area contributed by atoms with Gasteiger partial charge in [-0.3, -0.25) is 9.89 Å². The highest BCUT2D eigenvalue weighted by molar-refractivity contribution is 6.06. The third kappa shape index (κ3) is 4.17. The van der Waals surface area contributed by atoms with Crippen LogP contribution < -0.4 is 5.32 Å². The molecule has 1 fully saturated rings. The monoisotopic (exact) mass is 414 g/mol. The number of amides is 1. The summed E-state index contributed by atoms with van der Waals surface area (Å²) >= 11 is 0. The summed E-state index contributed by atoms with van der Waals surface area (Å²) < 4.78 is 0. The van der Waals surface area contributed by atoms with E-state index in [-0.39, 0.29) is 5.91 Å². The number of aromatic amines is 2. The first kappa shape index (κ1) is 19.4. The molecule has 1 saturated heterocycles. The molecule has 158 valence electrons. The first-order chi connectivity index (χ1) is 15.2. The van der Waals surface area contributed by atoms with Crippen LogP contribution in [0.2, 0.25) is 0 Å². The van der Waals surface area contributed by atoms with Gasteiger partial charge in [0.05, 0.1) is 5.56 Å². The first-order valence-corrected chi connectivity index (χ1v) is 10.8. The van der Waals surface area contributed by atoms with E-state index in [0.29, 0.717) is 5.92 Å². The summed E-state index contributed by atoms with van der Waals surface area (Å²) in [4.78, 5) is 23.0. The number of aromatic nitrogens is 4. The molecule has 1 aliphatic heterocycles. The molecular weight excluding hydrogens is 388 g/mol. The molecule has 1 aliphatic rings. The van der Waals surface area contributed by atoms with E-state index >= 15 is 0 Å². The number of fused-ring (bicyclic) bond motifs is 1. The Hall–Kier alpha value is -3.61. The Morgan fingerprint density at radius 1 is 1.13 bits per heavy atom. The molecule has 4 aromatic rings. The number of likely N-dealkylation sites (tertiary alicyclic amines) is 1. The Morgan fingerprint density at radius 2 is 1.97 bits per heavy atom. The summed E-state index contributed by atoms with van der Waals surface area (Å²) in [5.74, 6) is 2.22. The van der Waals surface area contributed by atoms with E-state index in [4.69, 9.17) is 4.98 Å². The molecule has 7 heteroatoms. The van der Waals surface area contributed by atoms with E-state index in [9.17, 15) is 4.79 Å². The van der Waals surface area contributed by atoms with Crippen molar-refractivity contribution in [1.29, 1.82) is 0 Å². The van der Waals surface area contributed by atoms with Crippen molar-refractivity contribution in [2.45, 2.75) is 26.2 Å². The molecule has 3 aromatic heterocycles. The summed E-state index contributed by atoms with van der Waals surface area (Å²) in [5, 5.41) is 11.4. The van der Waals surface area contributed by atoms with Crippen molar-refractivity contribution in [3.63, 3.8) is 0 Å². The highest BCUT2D eigenvalue weighted by Gasteiger charge is 2.25. The number of aryl methyl sites for hydroxylation is 1. The predicted octanol–water partition coefficient (Wildman–Crippen LogP) is 4.43. The average Bonchev–Trinajstić information content (AvgIpc) is 3.40. The molecule has 0 saturated carbocycles. The molecule has 0 radical (unpaired) electrons. The van der Waals surface area contributed by atoms with Crippen LogP contribution in [0.3, 0.4) is 0 Å². The lowest BCUT2D eigenvalue weighted by atomic mass is 9.91. The Kier molecular flexibility index (Phi) is 5.16. The van der Waals surface area contributed by atoms with Gasteiger partial charge in [0.2, 0.25) is 0 Å². The van der Waals surface area contributed by atoms with E-state index in [0.717, 1.165) is 71.8 Å². The maximum atomic E-state index is 13.0. The van der Waals surface area contributed by atoms with Crippen LogP contribution >= 0.6 is 0 Å². The normalized spacial score (nSPS) is 14.8. The minimum Gasteiger partial charge on any atom is -0.360 e. The molecule has 3 N–H and O–H groups in total. The molecular formula is C24H26N6O. The Morgan fingerprint density at radius 3 is 2.77 bits per heavy atom. The van der Waals surface area contributed by atoms with Crippen LogP contribution in [0.1, 0.15) is 34.6 Å². The van der Waals surface area contributed by atoms with Crippen molar-refractivity contribution >= 4 is 28.4 Å². The third-order valence-corrected chi connectivity index (χ3v) is 5.99. The van der Waals surface area contributed by atoms with E-state index in [1.807, 2.05) is 60.5 Å². The van der Waals surface area contributed by atoms with Crippen molar-refractivity contribution in [2.24, 2.45) is 5.92 Å². The lowest BCUT2D eigenvalue weighted by Crippen LogP contribution is -2.38. The van der Waals surface area contributed by atoms with Gasteiger partial charge in [-0.15, -0.1) is 0 Å². The van der Waals surface area contributed by atoms with Crippen LogP contribution in [0, 0.1) is 12.8 Å². The largest absolute Gasteiger partial charge is 0.360 e. The fraction of sp³-hybridized carbons (Fsp3) is 0.292. The van der Waals surface area contributed by atoms with Crippen LogP contribution in [-0.4, -0.2) is 44.1 Å². The van der Waals surface area contributed by atoms with Crippen LogP contribution in [-0.2, 0) is 6.42 Å². The molecule has 1 amide bonds. The number of piperidine rings is 1. The van der Waals surface area contributed by atoms with Gasteiger partial charge in [0, 0.05) is 47.6 Å². The van der Waals surface area contributed by atoms with E-state index in [1.54, 1.807) is 0 Å². The Labute approximate surface area is 180 Å². The number of rotatable bonds is 5. The van der Waals surface area contributed by atoms with E-state index < -0.39 is 0 Å². The minimum atomic E-state index is 0.120. The van der Waals surface area contributed by atoms with E-state index in [1.165, 1.54) is 0 Å².